The molecular weight excluding hydrogens is 236 g/mol. The minimum Gasteiger partial charge on any atom is -0.337 e. The molecule has 0 unspecified atom stereocenters. The van der Waals surface area contributed by atoms with Crippen LogP contribution < -0.4 is 4.90 Å². The van der Waals surface area contributed by atoms with E-state index >= 15 is 0 Å². The molecule has 0 aromatic heterocycles. The maximum atomic E-state index is 11.6. The molecule has 0 saturated heterocycles. The highest BCUT2D eigenvalue weighted by Gasteiger charge is 2.25. The average Bonchev–Trinajstić information content (AvgIpc) is 2.74. The second-order valence-electron chi connectivity index (χ2n) is 4.16. The van der Waals surface area contributed by atoms with Gasteiger partial charge in [-0.1, -0.05) is 11.6 Å². The van der Waals surface area contributed by atoms with Crippen LogP contribution in [0.5, 0.6) is 0 Å². The first-order valence-corrected chi connectivity index (χ1v) is 5.98. The van der Waals surface area contributed by atoms with Gasteiger partial charge in [0.2, 0.25) is 0 Å². The first-order valence-electron chi connectivity index (χ1n) is 5.60. The second kappa shape index (κ2) is 4.00. The van der Waals surface area contributed by atoms with Crippen LogP contribution in [0.2, 0.25) is 5.02 Å². The molecule has 0 atom stereocenters. The van der Waals surface area contributed by atoms with Gasteiger partial charge in [-0.2, -0.15) is 0 Å². The average molecular weight is 247 g/mol. The Balaban J connectivity index is 2.03. The van der Waals surface area contributed by atoms with Gasteiger partial charge in [0.15, 0.2) is 0 Å². The molecule has 17 heavy (non-hydrogen) atoms. The number of carbonyl (C=O) groups is 1. The van der Waals surface area contributed by atoms with Crippen LogP contribution in [0, 0.1) is 0 Å². The van der Waals surface area contributed by atoms with E-state index in [1.54, 1.807) is 12.3 Å². The lowest BCUT2D eigenvalue weighted by atomic mass is 10.0. The van der Waals surface area contributed by atoms with E-state index in [0.29, 0.717) is 5.70 Å². The number of rotatable bonds is 1. The van der Waals surface area contributed by atoms with Gasteiger partial charge in [0, 0.05) is 23.5 Å². The molecule has 3 rings (SSSR count). The summed E-state index contributed by atoms with van der Waals surface area (Å²) in [7, 11) is 0. The molecular formula is C13H11ClN2O. The molecule has 1 aromatic carbocycles. The van der Waals surface area contributed by atoms with E-state index in [1.807, 2.05) is 23.1 Å². The zero-order chi connectivity index (χ0) is 11.8. The van der Waals surface area contributed by atoms with Crippen molar-refractivity contribution in [3.8, 4) is 0 Å². The van der Waals surface area contributed by atoms with Crippen LogP contribution in [-0.2, 0) is 11.2 Å². The number of fused-ring (bicyclic) bond motifs is 1. The van der Waals surface area contributed by atoms with Gasteiger partial charge in [0.25, 0.3) is 5.91 Å². The zero-order valence-electron chi connectivity index (χ0n) is 9.19. The van der Waals surface area contributed by atoms with Gasteiger partial charge in [-0.25, -0.2) is 4.99 Å². The molecule has 3 nitrogen and oxygen atoms in total. The Morgan fingerprint density at radius 2 is 2.24 bits per heavy atom. The minimum absolute atomic E-state index is 0.159. The van der Waals surface area contributed by atoms with Crippen LogP contribution in [-0.4, -0.2) is 18.7 Å². The third-order valence-electron chi connectivity index (χ3n) is 3.09. The highest BCUT2D eigenvalue weighted by atomic mass is 35.5. The summed E-state index contributed by atoms with van der Waals surface area (Å²) in [6, 6.07) is 5.81. The third kappa shape index (κ3) is 1.76. The summed E-state index contributed by atoms with van der Waals surface area (Å²) < 4.78 is 0. The molecule has 2 heterocycles. The summed E-state index contributed by atoms with van der Waals surface area (Å²) in [5.41, 5.74) is 2.93. The summed E-state index contributed by atoms with van der Waals surface area (Å²) in [6.45, 7) is 0.857. The third-order valence-corrected chi connectivity index (χ3v) is 3.33. The Hall–Kier alpha value is -1.61. The highest BCUT2D eigenvalue weighted by Crippen LogP contribution is 2.32. The molecule has 0 saturated carbocycles. The Bertz CT molecular complexity index is 548. The molecule has 0 N–H and O–H groups in total. The van der Waals surface area contributed by atoms with Crippen LogP contribution in [0.15, 0.2) is 35.0 Å². The van der Waals surface area contributed by atoms with Gasteiger partial charge in [-0.05, 0) is 42.7 Å². The molecule has 0 fully saturated rings. The Labute approximate surface area is 104 Å². The van der Waals surface area contributed by atoms with E-state index < -0.39 is 0 Å². The number of halogens is 1. The normalized spacial score (nSPS) is 18.3. The van der Waals surface area contributed by atoms with E-state index in [-0.39, 0.29) is 5.91 Å². The zero-order valence-corrected chi connectivity index (χ0v) is 9.94. The molecule has 0 aliphatic carbocycles. The second-order valence-corrected chi connectivity index (χ2v) is 4.60. The molecule has 0 spiro atoms. The lowest BCUT2D eigenvalue weighted by molar-refractivity contribution is -0.114. The van der Waals surface area contributed by atoms with Crippen molar-refractivity contribution < 1.29 is 4.79 Å². The van der Waals surface area contributed by atoms with Crippen LogP contribution in [0.3, 0.4) is 0 Å². The Kier molecular flexibility index (Phi) is 2.48. The molecule has 2 aliphatic heterocycles. The molecule has 2 aliphatic rings. The smallest absolute Gasteiger partial charge is 0.293 e. The topological polar surface area (TPSA) is 32.7 Å². The number of hydrogen-bond donors (Lipinski definition) is 0. The lowest BCUT2D eigenvalue weighted by Crippen LogP contribution is -2.30. The number of nitrogens with zero attached hydrogens (tertiary/aromatic N) is 2. The van der Waals surface area contributed by atoms with Gasteiger partial charge in [-0.15, -0.1) is 0 Å². The van der Waals surface area contributed by atoms with Crippen molar-refractivity contribution in [2.24, 2.45) is 4.99 Å². The molecule has 0 radical (unpaired) electrons. The molecule has 0 bridgehead atoms. The number of aryl methyl sites for hydroxylation is 1. The summed E-state index contributed by atoms with van der Waals surface area (Å²) in [6.07, 6.45) is 5.36. The fourth-order valence-electron chi connectivity index (χ4n) is 2.33. The lowest BCUT2D eigenvalue weighted by Gasteiger charge is -2.31. The number of anilines is 1. The van der Waals surface area contributed by atoms with E-state index in [1.165, 1.54) is 5.56 Å². The predicted octanol–water partition coefficient (Wildman–Crippen LogP) is 2.59. The summed E-state index contributed by atoms with van der Waals surface area (Å²) in [4.78, 5) is 17.4. The van der Waals surface area contributed by atoms with Crippen molar-refractivity contribution in [3.05, 3.63) is 40.6 Å². The van der Waals surface area contributed by atoms with Crippen LogP contribution in [0.4, 0.5) is 5.69 Å². The maximum Gasteiger partial charge on any atom is 0.293 e. The van der Waals surface area contributed by atoms with E-state index in [4.69, 9.17) is 11.6 Å². The fraction of sp³-hybridized carbons (Fsp3) is 0.231. The van der Waals surface area contributed by atoms with E-state index in [2.05, 4.69) is 4.99 Å². The van der Waals surface area contributed by atoms with E-state index in [0.717, 1.165) is 30.1 Å². The molecule has 4 heteroatoms. The standard InChI is InChI=1S/C13H11ClN2O/c14-10-3-4-11-9(8-10)2-1-7-16(11)12-5-6-15-13(12)17/h3-6,8H,1-2,7H2. The van der Waals surface area contributed by atoms with Crippen molar-refractivity contribution >= 4 is 29.4 Å². The van der Waals surface area contributed by atoms with Crippen molar-refractivity contribution in [1.82, 2.24) is 0 Å². The van der Waals surface area contributed by atoms with Crippen molar-refractivity contribution in [2.75, 3.05) is 11.4 Å². The number of benzene rings is 1. The Morgan fingerprint density at radius 1 is 1.35 bits per heavy atom. The number of carbonyl (C=O) groups excluding carboxylic acids is 1. The number of hydrogen-bond acceptors (Lipinski definition) is 2. The molecule has 86 valence electrons. The predicted molar refractivity (Wildman–Crippen MR) is 68.7 cm³/mol. The van der Waals surface area contributed by atoms with Crippen LogP contribution in [0.25, 0.3) is 0 Å². The van der Waals surface area contributed by atoms with Gasteiger partial charge in [0.05, 0.1) is 0 Å². The SMILES string of the molecule is O=C1N=CC=C1N1CCCc2cc(Cl)ccc21. The number of amides is 1. The fourth-order valence-corrected chi connectivity index (χ4v) is 2.53. The van der Waals surface area contributed by atoms with Gasteiger partial charge < -0.3 is 4.90 Å². The largest absolute Gasteiger partial charge is 0.337 e. The van der Waals surface area contributed by atoms with Crippen molar-refractivity contribution in [1.29, 1.82) is 0 Å². The monoisotopic (exact) mass is 246 g/mol. The summed E-state index contributed by atoms with van der Waals surface area (Å²) >= 11 is 5.99. The molecule has 1 aromatic rings. The Morgan fingerprint density at radius 3 is 3.00 bits per heavy atom. The number of aliphatic imine (C=N–C) groups is 1. The van der Waals surface area contributed by atoms with Gasteiger partial charge in [0.1, 0.15) is 5.70 Å². The van der Waals surface area contributed by atoms with Crippen LogP contribution in [0.1, 0.15) is 12.0 Å². The van der Waals surface area contributed by atoms with Gasteiger partial charge >= 0.3 is 0 Å². The van der Waals surface area contributed by atoms with E-state index in [9.17, 15) is 4.79 Å². The highest BCUT2D eigenvalue weighted by molar-refractivity contribution is 6.30. The quantitative estimate of drug-likeness (QED) is 0.763. The minimum atomic E-state index is -0.159. The van der Waals surface area contributed by atoms with Crippen molar-refractivity contribution in [3.63, 3.8) is 0 Å². The van der Waals surface area contributed by atoms with Gasteiger partial charge in [-0.3, -0.25) is 4.79 Å². The number of allylic oxidation sites excluding steroid dienone is 1. The molecule has 1 amide bonds. The first-order chi connectivity index (χ1) is 8.25. The first kappa shape index (κ1) is 10.5. The summed E-state index contributed by atoms with van der Waals surface area (Å²) in [5.74, 6) is -0.159. The summed E-state index contributed by atoms with van der Waals surface area (Å²) in [5, 5.41) is 0.744. The maximum absolute atomic E-state index is 11.6. The van der Waals surface area contributed by atoms with Crippen molar-refractivity contribution in [2.45, 2.75) is 12.8 Å². The van der Waals surface area contributed by atoms with Crippen LogP contribution >= 0.6 is 11.6 Å².